The minimum atomic E-state index is -0.910. The van der Waals surface area contributed by atoms with Crippen LogP contribution in [0.2, 0.25) is 0 Å². The van der Waals surface area contributed by atoms with Crippen molar-refractivity contribution in [2.24, 2.45) is 12.8 Å². The highest BCUT2D eigenvalue weighted by atomic mass is 16.5. The van der Waals surface area contributed by atoms with Crippen molar-refractivity contribution in [2.45, 2.75) is 26.4 Å². The summed E-state index contributed by atoms with van der Waals surface area (Å²) in [6, 6.07) is 0. The first-order valence-electron chi connectivity index (χ1n) is 7.58. The Morgan fingerprint density at radius 1 is 1.30 bits per heavy atom. The number of Topliss-reactive ketones (excluding diaryl/α,β-unsaturated/α-hetero) is 1. The number of carbonyl (C=O) groups excluding carboxylic acids is 3. The van der Waals surface area contributed by atoms with Gasteiger partial charge in [-0.25, -0.2) is 4.79 Å². The van der Waals surface area contributed by atoms with Gasteiger partial charge in [-0.1, -0.05) is 0 Å². The van der Waals surface area contributed by atoms with Crippen molar-refractivity contribution >= 4 is 17.7 Å². The number of allylic oxidation sites excluding steroid dienone is 2. The minimum absolute atomic E-state index is 0.114. The molecule has 1 aliphatic carbocycles. The minimum Gasteiger partial charge on any atom is -0.445 e. The van der Waals surface area contributed by atoms with Crippen LogP contribution in [-0.2, 0) is 18.4 Å². The van der Waals surface area contributed by atoms with Gasteiger partial charge >= 0.3 is 6.09 Å². The highest BCUT2D eigenvalue weighted by Gasteiger charge is 2.36. The molecule has 0 atom stereocenters. The van der Waals surface area contributed by atoms with E-state index in [-0.39, 0.29) is 18.2 Å². The van der Waals surface area contributed by atoms with E-state index >= 15 is 0 Å². The van der Waals surface area contributed by atoms with Crippen LogP contribution in [0.15, 0.2) is 11.8 Å². The van der Waals surface area contributed by atoms with Gasteiger partial charge in [-0.05, 0) is 19.8 Å². The third-order valence-corrected chi connectivity index (χ3v) is 4.58. The van der Waals surface area contributed by atoms with E-state index < -0.39 is 6.09 Å². The van der Waals surface area contributed by atoms with Crippen molar-refractivity contribution < 1.29 is 19.1 Å². The Balaban J connectivity index is 2.06. The molecule has 2 heterocycles. The fraction of sp³-hybridized carbons (Fsp3) is 0.438. The van der Waals surface area contributed by atoms with Gasteiger partial charge in [0, 0.05) is 37.5 Å². The highest BCUT2D eigenvalue weighted by molar-refractivity contribution is 6.24. The molecule has 0 spiro atoms. The molecule has 23 heavy (non-hydrogen) atoms. The zero-order chi connectivity index (χ0) is 16.7. The second-order valence-corrected chi connectivity index (χ2v) is 5.87. The molecule has 0 radical (unpaired) electrons. The summed E-state index contributed by atoms with van der Waals surface area (Å²) in [7, 11) is 1.72. The summed E-state index contributed by atoms with van der Waals surface area (Å²) in [6.07, 6.45) is 2.54. The van der Waals surface area contributed by atoms with Crippen LogP contribution in [0.25, 0.3) is 0 Å². The number of carbonyl (C=O) groups is 3. The molecule has 2 N–H and O–H groups in total. The van der Waals surface area contributed by atoms with Crippen molar-refractivity contribution in [3.63, 3.8) is 0 Å². The van der Waals surface area contributed by atoms with E-state index in [4.69, 9.17) is 10.5 Å². The van der Waals surface area contributed by atoms with E-state index in [1.54, 1.807) is 18.5 Å². The number of nitrogens with two attached hydrogens (primary N) is 1. The first-order valence-corrected chi connectivity index (χ1v) is 7.58. The molecular formula is C16H19N3O4. The predicted molar refractivity (Wildman–Crippen MR) is 82.1 cm³/mol. The van der Waals surface area contributed by atoms with Gasteiger partial charge in [0.15, 0.2) is 0 Å². The number of primary amides is 1. The molecule has 0 unspecified atom stereocenters. The maximum absolute atomic E-state index is 12.9. The van der Waals surface area contributed by atoms with Crippen molar-refractivity contribution in [1.29, 1.82) is 0 Å². The molecule has 1 saturated heterocycles. The topological polar surface area (TPSA) is 94.6 Å². The lowest BCUT2D eigenvalue weighted by molar-refractivity contribution is 0.0950. The second-order valence-electron chi connectivity index (χ2n) is 5.87. The Kier molecular flexibility index (Phi) is 3.71. The Labute approximate surface area is 133 Å². The van der Waals surface area contributed by atoms with Crippen LogP contribution in [0.1, 0.15) is 44.9 Å². The number of amides is 1. The molecule has 1 amide bonds. The molecule has 122 valence electrons. The van der Waals surface area contributed by atoms with E-state index in [1.165, 1.54) is 6.08 Å². The molecule has 0 saturated carbocycles. The summed E-state index contributed by atoms with van der Waals surface area (Å²) in [6.45, 7) is 3.23. The second kappa shape index (κ2) is 5.57. The molecule has 1 aliphatic heterocycles. The number of ketones is 2. The van der Waals surface area contributed by atoms with E-state index in [0.717, 1.165) is 25.9 Å². The number of ether oxygens (including phenoxy) is 1. The number of rotatable bonds is 3. The van der Waals surface area contributed by atoms with Crippen molar-refractivity contribution in [3.05, 3.63) is 34.3 Å². The highest BCUT2D eigenvalue weighted by Crippen LogP contribution is 2.32. The maximum Gasteiger partial charge on any atom is 0.404 e. The predicted octanol–water partition coefficient (Wildman–Crippen LogP) is 1.29. The summed E-state index contributed by atoms with van der Waals surface area (Å²) in [5.41, 5.74) is 7.40. The van der Waals surface area contributed by atoms with Crippen LogP contribution in [0.5, 0.6) is 0 Å². The first-order chi connectivity index (χ1) is 10.9. The molecule has 2 aliphatic rings. The van der Waals surface area contributed by atoms with Crippen LogP contribution in [0, 0.1) is 6.92 Å². The molecule has 1 aromatic heterocycles. The summed E-state index contributed by atoms with van der Waals surface area (Å²) in [4.78, 5) is 38.3. The molecule has 7 heteroatoms. The Morgan fingerprint density at radius 3 is 2.57 bits per heavy atom. The third kappa shape index (κ3) is 2.42. The molecule has 1 fully saturated rings. The van der Waals surface area contributed by atoms with E-state index in [9.17, 15) is 14.4 Å². The number of hydrogen-bond acceptors (Lipinski definition) is 5. The molecule has 0 bridgehead atoms. The molecule has 3 rings (SSSR count). The monoisotopic (exact) mass is 317 g/mol. The number of likely N-dealkylation sites (tertiary alicyclic amines) is 1. The zero-order valence-corrected chi connectivity index (χ0v) is 13.2. The Hall–Kier alpha value is -2.57. The Morgan fingerprint density at radius 2 is 1.96 bits per heavy atom. The molecule has 7 nitrogen and oxygen atoms in total. The fourth-order valence-corrected chi connectivity index (χ4v) is 3.29. The van der Waals surface area contributed by atoms with Gasteiger partial charge in [-0.2, -0.15) is 0 Å². The lowest BCUT2D eigenvalue weighted by Crippen LogP contribution is -2.30. The average Bonchev–Trinajstić information content (AvgIpc) is 3.10. The smallest absolute Gasteiger partial charge is 0.404 e. The van der Waals surface area contributed by atoms with Gasteiger partial charge < -0.3 is 19.9 Å². The fourth-order valence-electron chi connectivity index (χ4n) is 3.29. The summed E-state index contributed by atoms with van der Waals surface area (Å²) < 4.78 is 6.53. The number of nitrogens with zero attached hydrogens (tertiary/aromatic N) is 2. The average molecular weight is 317 g/mol. The summed E-state index contributed by atoms with van der Waals surface area (Å²) >= 11 is 0. The largest absolute Gasteiger partial charge is 0.445 e. The van der Waals surface area contributed by atoms with Gasteiger partial charge in [0.05, 0.1) is 11.3 Å². The summed E-state index contributed by atoms with van der Waals surface area (Å²) in [5, 5.41) is 0. The lowest BCUT2D eigenvalue weighted by Gasteiger charge is -2.23. The van der Waals surface area contributed by atoms with Gasteiger partial charge in [0.25, 0.3) is 0 Å². The molecule has 1 aromatic rings. The SMILES string of the molecule is Cc1c(COC(N)=O)c2c(n1C)C(=O)C=C(N1CCCC1)C2=O. The van der Waals surface area contributed by atoms with E-state index in [2.05, 4.69) is 0 Å². The number of fused-ring (bicyclic) bond motifs is 1. The standard InChI is InChI=1S/C16H19N3O4/c1-9-10(8-23-16(17)22)13-14(18(9)2)12(20)7-11(15(13)21)19-5-3-4-6-19/h7H,3-6,8H2,1-2H3,(H2,17,22). The van der Waals surface area contributed by atoms with Crippen LogP contribution < -0.4 is 5.73 Å². The normalized spacial score (nSPS) is 17.3. The first kappa shape index (κ1) is 15.3. The quantitative estimate of drug-likeness (QED) is 0.906. The van der Waals surface area contributed by atoms with Gasteiger partial charge in [-0.15, -0.1) is 0 Å². The zero-order valence-electron chi connectivity index (χ0n) is 13.2. The lowest BCUT2D eigenvalue weighted by atomic mass is 9.94. The number of aromatic nitrogens is 1. The van der Waals surface area contributed by atoms with Gasteiger partial charge in [0.2, 0.25) is 11.6 Å². The van der Waals surface area contributed by atoms with E-state index in [1.807, 2.05) is 4.90 Å². The van der Waals surface area contributed by atoms with Crippen LogP contribution in [0.3, 0.4) is 0 Å². The van der Waals surface area contributed by atoms with Gasteiger partial charge in [-0.3, -0.25) is 9.59 Å². The van der Waals surface area contributed by atoms with Crippen LogP contribution >= 0.6 is 0 Å². The summed E-state index contributed by atoms with van der Waals surface area (Å²) in [5.74, 6) is -0.384. The van der Waals surface area contributed by atoms with E-state index in [0.29, 0.717) is 28.2 Å². The number of hydrogen-bond donors (Lipinski definition) is 1. The van der Waals surface area contributed by atoms with Crippen molar-refractivity contribution in [2.75, 3.05) is 13.1 Å². The Bertz CT molecular complexity index is 739. The van der Waals surface area contributed by atoms with Crippen molar-refractivity contribution in [3.8, 4) is 0 Å². The maximum atomic E-state index is 12.9. The molecular weight excluding hydrogens is 298 g/mol. The van der Waals surface area contributed by atoms with Crippen LogP contribution in [0.4, 0.5) is 4.79 Å². The van der Waals surface area contributed by atoms with Crippen LogP contribution in [-0.4, -0.2) is 40.2 Å². The molecule has 0 aromatic carbocycles. The third-order valence-electron chi connectivity index (χ3n) is 4.58. The van der Waals surface area contributed by atoms with Gasteiger partial charge in [0.1, 0.15) is 12.3 Å². The van der Waals surface area contributed by atoms with Crippen molar-refractivity contribution in [1.82, 2.24) is 9.47 Å².